The first kappa shape index (κ1) is 18.9. The van der Waals surface area contributed by atoms with Gasteiger partial charge in [0.1, 0.15) is 0 Å². The molecule has 0 saturated carbocycles. The van der Waals surface area contributed by atoms with Gasteiger partial charge < -0.3 is 14.7 Å². The fourth-order valence-corrected chi connectivity index (χ4v) is 2.90. The van der Waals surface area contributed by atoms with Crippen molar-refractivity contribution in [1.82, 2.24) is 14.7 Å². The molecule has 0 unspecified atom stereocenters. The molecule has 3 rings (SSSR count). The number of morpholine rings is 1. The highest BCUT2D eigenvalue weighted by molar-refractivity contribution is 5.97. The van der Waals surface area contributed by atoms with E-state index in [1.165, 1.54) is 34.8 Å². The molecule has 0 spiro atoms. The van der Waals surface area contributed by atoms with Crippen LogP contribution >= 0.6 is 0 Å². The number of ether oxygens (including phenoxy) is 1. The number of aromatic nitrogens is 2. The first-order valence-electron chi connectivity index (χ1n) is 8.04. The molecule has 0 bridgehead atoms. The second kappa shape index (κ2) is 7.03. The van der Waals surface area contributed by atoms with Crippen LogP contribution in [0.25, 0.3) is 5.69 Å². The molecular formula is C17H16F3N3O4. The quantitative estimate of drug-likeness (QED) is 0.878. The van der Waals surface area contributed by atoms with Crippen molar-refractivity contribution in [3.8, 4) is 5.69 Å². The number of aliphatic carboxylic acids is 1. The third-order valence-electron chi connectivity index (χ3n) is 4.33. The van der Waals surface area contributed by atoms with E-state index in [9.17, 15) is 27.9 Å². The van der Waals surface area contributed by atoms with E-state index in [2.05, 4.69) is 5.10 Å². The second-order valence-corrected chi connectivity index (χ2v) is 6.03. The summed E-state index contributed by atoms with van der Waals surface area (Å²) in [6.45, 7) is 1.72. The van der Waals surface area contributed by atoms with Crippen molar-refractivity contribution in [3.05, 3.63) is 47.3 Å². The Morgan fingerprint density at radius 3 is 2.74 bits per heavy atom. The number of hydrogen-bond donors (Lipinski definition) is 1. The van der Waals surface area contributed by atoms with Gasteiger partial charge in [0, 0.05) is 6.54 Å². The van der Waals surface area contributed by atoms with Gasteiger partial charge in [-0.15, -0.1) is 0 Å². The highest BCUT2D eigenvalue weighted by Gasteiger charge is 2.35. The van der Waals surface area contributed by atoms with Gasteiger partial charge in [0.05, 0.1) is 41.9 Å². The van der Waals surface area contributed by atoms with Crippen LogP contribution in [0, 0.1) is 6.92 Å². The van der Waals surface area contributed by atoms with Crippen molar-refractivity contribution in [1.29, 1.82) is 0 Å². The summed E-state index contributed by atoms with van der Waals surface area (Å²) in [5.41, 5.74) is -0.240. The predicted octanol–water partition coefficient (Wildman–Crippen LogP) is 2.13. The van der Waals surface area contributed by atoms with Gasteiger partial charge in [0.25, 0.3) is 5.91 Å². The van der Waals surface area contributed by atoms with Gasteiger partial charge in [0.2, 0.25) is 0 Å². The maximum Gasteiger partial charge on any atom is 0.416 e. The zero-order valence-electron chi connectivity index (χ0n) is 14.2. The van der Waals surface area contributed by atoms with Crippen molar-refractivity contribution < 1.29 is 32.6 Å². The number of carbonyl (C=O) groups is 2. The highest BCUT2D eigenvalue weighted by atomic mass is 19.4. The van der Waals surface area contributed by atoms with E-state index in [-0.39, 0.29) is 31.0 Å². The number of carbonyl (C=O) groups excluding carboxylic acids is 1. The van der Waals surface area contributed by atoms with Gasteiger partial charge in [-0.05, 0) is 25.1 Å². The van der Waals surface area contributed by atoms with Gasteiger partial charge in [-0.1, -0.05) is 6.07 Å². The van der Waals surface area contributed by atoms with Crippen LogP contribution in [0.1, 0.15) is 21.6 Å². The van der Waals surface area contributed by atoms with Crippen LogP contribution < -0.4 is 0 Å². The third kappa shape index (κ3) is 3.65. The number of benzene rings is 1. The average molecular weight is 383 g/mol. The van der Waals surface area contributed by atoms with Gasteiger partial charge in [-0.25, -0.2) is 9.48 Å². The number of nitrogens with zero attached hydrogens (tertiary/aromatic N) is 3. The number of alkyl halides is 3. The minimum absolute atomic E-state index is 0.101. The fourth-order valence-electron chi connectivity index (χ4n) is 2.90. The minimum Gasteiger partial charge on any atom is -0.480 e. The molecule has 2 aromatic rings. The number of halogens is 3. The Balaban J connectivity index is 1.94. The first-order chi connectivity index (χ1) is 12.7. The van der Waals surface area contributed by atoms with Crippen LogP contribution in [0.4, 0.5) is 13.2 Å². The SMILES string of the molecule is Cc1c(C(=O)N2CCOC[C@H]2C(=O)O)cnn1-c1cccc(C(F)(F)F)c1. The Morgan fingerprint density at radius 1 is 1.33 bits per heavy atom. The molecule has 27 heavy (non-hydrogen) atoms. The molecule has 144 valence electrons. The fraction of sp³-hybridized carbons (Fsp3) is 0.353. The van der Waals surface area contributed by atoms with Crippen LogP contribution in [0.2, 0.25) is 0 Å². The zero-order chi connectivity index (χ0) is 19.8. The van der Waals surface area contributed by atoms with Gasteiger partial charge in [-0.3, -0.25) is 4.79 Å². The molecule has 1 aliphatic rings. The molecule has 7 nitrogen and oxygen atoms in total. The summed E-state index contributed by atoms with van der Waals surface area (Å²) in [5.74, 6) is -1.74. The lowest BCUT2D eigenvalue weighted by Crippen LogP contribution is -2.52. The Bertz CT molecular complexity index is 879. The van der Waals surface area contributed by atoms with Crippen LogP contribution in [0.5, 0.6) is 0 Å². The van der Waals surface area contributed by atoms with E-state index in [1.54, 1.807) is 0 Å². The number of carboxylic acid groups (broad SMARTS) is 1. The summed E-state index contributed by atoms with van der Waals surface area (Å²) in [4.78, 5) is 25.3. The summed E-state index contributed by atoms with van der Waals surface area (Å²) in [7, 11) is 0. The Labute approximate surface area is 151 Å². The topological polar surface area (TPSA) is 84.7 Å². The van der Waals surface area contributed by atoms with E-state index >= 15 is 0 Å². The number of hydrogen-bond acceptors (Lipinski definition) is 4. The lowest BCUT2D eigenvalue weighted by atomic mass is 10.1. The van der Waals surface area contributed by atoms with Gasteiger partial charge in [0.15, 0.2) is 6.04 Å². The Kier molecular flexibility index (Phi) is 4.92. The van der Waals surface area contributed by atoms with Gasteiger partial charge in [-0.2, -0.15) is 18.3 Å². The van der Waals surface area contributed by atoms with Crippen LogP contribution in [-0.4, -0.2) is 57.5 Å². The Hall–Kier alpha value is -2.88. The monoisotopic (exact) mass is 383 g/mol. The summed E-state index contributed by atoms with van der Waals surface area (Å²) >= 11 is 0. The highest BCUT2D eigenvalue weighted by Crippen LogP contribution is 2.30. The molecule has 1 amide bonds. The number of rotatable bonds is 3. The Morgan fingerprint density at radius 2 is 2.07 bits per heavy atom. The van der Waals surface area contributed by atoms with Crippen LogP contribution in [-0.2, 0) is 15.7 Å². The van der Waals surface area contributed by atoms with Crippen LogP contribution in [0.15, 0.2) is 30.5 Å². The maximum absolute atomic E-state index is 12.9. The lowest BCUT2D eigenvalue weighted by Gasteiger charge is -2.32. The number of amides is 1. The van der Waals surface area contributed by atoms with Crippen molar-refractivity contribution >= 4 is 11.9 Å². The molecule has 2 heterocycles. The molecule has 1 atom stereocenters. The lowest BCUT2D eigenvalue weighted by molar-refractivity contribution is -0.147. The van der Waals surface area contributed by atoms with E-state index in [1.807, 2.05) is 0 Å². The largest absolute Gasteiger partial charge is 0.480 e. The van der Waals surface area contributed by atoms with Crippen molar-refractivity contribution in [2.24, 2.45) is 0 Å². The molecule has 1 aliphatic heterocycles. The third-order valence-corrected chi connectivity index (χ3v) is 4.33. The molecule has 1 saturated heterocycles. The zero-order valence-corrected chi connectivity index (χ0v) is 14.2. The van der Waals surface area contributed by atoms with Crippen LogP contribution in [0.3, 0.4) is 0 Å². The number of carboxylic acids is 1. The molecule has 0 radical (unpaired) electrons. The van der Waals surface area contributed by atoms with E-state index in [0.29, 0.717) is 5.69 Å². The first-order valence-corrected chi connectivity index (χ1v) is 8.04. The summed E-state index contributed by atoms with van der Waals surface area (Å²) < 4.78 is 45.1. The van der Waals surface area contributed by atoms with E-state index in [0.717, 1.165) is 12.1 Å². The molecule has 1 aromatic carbocycles. The maximum atomic E-state index is 12.9. The normalized spacial score (nSPS) is 17.8. The second-order valence-electron chi connectivity index (χ2n) is 6.03. The minimum atomic E-state index is -4.50. The van der Waals surface area contributed by atoms with Gasteiger partial charge >= 0.3 is 12.1 Å². The molecule has 1 fully saturated rings. The predicted molar refractivity (Wildman–Crippen MR) is 86.6 cm³/mol. The summed E-state index contributed by atoms with van der Waals surface area (Å²) in [5, 5.41) is 13.3. The average Bonchev–Trinajstić information content (AvgIpc) is 3.02. The summed E-state index contributed by atoms with van der Waals surface area (Å²) in [6.07, 6.45) is -3.27. The molecular weight excluding hydrogens is 367 g/mol. The molecule has 1 N–H and O–H groups in total. The van der Waals surface area contributed by atoms with E-state index in [4.69, 9.17) is 4.74 Å². The van der Waals surface area contributed by atoms with Crippen molar-refractivity contribution in [3.63, 3.8) is 0 Å². The smallest absolute Gasteiger partial charge is 0.416 e. The van der Waals surface area contributed by atoms with Crippen molar-refractivity contribution in [2.75, 3.05) is 19.8 Å². The molecule has 10 heteroatoms. The molecule has 0 aliphatic carbocycles. The standard InChI is InChI=1S/C17H16F3N3O4/c1-10-13(15(24)22-5-6-27-9-14(22)16(25)26)8-21-23(10)12-4-2-3-11(7-12)17(18,19)20/h2-4,7-8,14H,5-6,9H2,1H3,(H,25,26)/t14-/m0/s1. The molecule has 1 aromatic heterocycles. The summed E-state index contributed by atoms with van der Waals surface area (Å²) in [6, 6.07) is 3.45. The van der Waals surface area contributed by atoms with E-state index < -0.39 is 29.7 Å². The van der Waals surface area contributed by atoms with Crippen molar-refractivity contribution in [2.45, 2.75) is 19.1 Å².